The number of hydrogen-bond donors (Lipinski definition) is 4. The first-order chi connectivity index (χ1) is 23.4. The normalized spacial score (nSPS) is 20.2. The zero-order chi connectivity index (χ0) is 34.9. The molecule has 0 unspecified atom stereocenters. The lowest BCUT2D eigenvalue weighted by molar-refractivity contribution is -0.141. The number of amides is 2. The topological polar surface area (TPSA) is 145 Å². The summed E-state index contributed by atoms with van der Waals surface area (Å²) >= 11 is 0. The SMILES string of the molecule is CN/C=C(\N)c1ccc(C2=CCN(C(=O)CN3CC[C@]4(CCN(c5ccc(N)c(C(=N)c6ccnc(C(F)(F)F)c6)c5)C4=O)C3)CC2)cc1. The summed E-state index contributed by atoms with van der Waals surface area (Å²) in [5.74, 6) is -0.0332. The van der Waals surface area contributed by atoms with Gasteiger partial charge < -0.3 is 26.6 Å². The number of nitrogens with zero attached hydrogens (tertiary/aromatic N) is 4. The number of nitrogens with two attached hydrogens (primary N) is 2. The van der Waals surface area contributed by atoms with Crippen molar-refractivity contribution in [2.45, 2.75) is 25.4 Å². The molecule has 0 saturated carbocycles. The second-order valence-corrected chi connectivity index (χ2v) is 12.8. The fraction of sp³-hybridized carbons (Fsp3) is 0.333. The Morgan fingerprint density at radius 2 is 1.82 bits per heavy atom. The van der Waals surface area contributed by atoms with E-state index in [0.717, 1.165) is 29.8 Å². The molecule has 3 aliphatic rings. The lowest BCUT2D eigenvalue weighted by Gasteiger charge is -2.29. The molecular formula is C36H39F3N8O2. The number of aromatic nitrogens is 1. The van der Waals surface area contributed by atoms with Crippen molar-refractivity contribution in [2.24, 2.45) is 11.1 Å². The number of hydrogen-bond acceptors (Lipinski definition) is 8. The minimum Gasteiger partial charge on any atom is -0.398 e. The number of carbonyl (C=O) groups is 2. The van der Waals surface area contributed by atoms with Gasteiger partial charge in [0.15, 0.2) is 0 Å². The zero-order valence-electron chi connectivity index (χ0n) is 27.2. The Labute approximate surface area is 282 Å². The summed E-state index contributed by atoms with van der Waals surface area (Å²) in [6.07, 6.45) is 2.18. The molecule has 3 aliphatic heterocycles. The average Bonchev–Trinajstić information content (AvgIpc) is 3.66. The van der Waals surface area contributed by atoms with Crippen LogP contribution in [0, 0.1) is 10.8 Å². The first kappa shape index (κ1) is 33.7. The molecule has 2 amide bonds. The number of alkyl halides is 3. The van der Waals surface area contributed by atoms with Gasteiger partial charge in [-0.1, -0.05) is 30.3 Å². The molecule has 2 aromatic carbocycles. The van der Waals surface area contributed by atoms with Crippen LogP contribution in [0.15, 0.2) is 73.1 Å². The van der Waals surface area contributed by atoms with Crippen molar-refractivity contribution in [3.8, 4) is 0 Å². The maximum absolute atomic E-state index is 13.9. The fourth-order valence-corrected chi connectivity index (χ4v) is 6.93. The first-order valence-electron chi connectivity index (χ1n) is 16.2. The van der Waals surface area contributed by atoms with Gasteiger partial charge in [-0.15, -0.1) is 0 Å². The van der Waals surface area contributed by atoms with E-state index in [1.54, 1.807) is 36.3 Å². The Morgan fingerprint density at radius 3 is 2.51 bits per heavy atom. The quantitative estimate of drug-likeness (QED) is 0.206. The molecule has 2 saturated heterocycles. The number of benzene rings is 2. The number of halogens is 3. The number of likely N-dealkylation sites (tertiary alicyclic amines) is 1. The van der Waals surface area contributed by atoms with E-state index in [2.05, 4.69) is 21.3 Å². The van der Waals surface area contributed by atoms with Gasteiger partial charge in [-0.25, -0.2) is 0 Å². The summed E-state index contributed by atoms with van der Waals surface area (Å²) in [6.45, 7) is 2.91. The second kappa shape index (κ2) is 13.4. The molecule has 0 aliphatic carbocycles. The van der Waals surface area contributed by atoms with E-state index in [-0.39, 0.29) is 40.9 Å². The lowest BCUT2D eigenvalue weighted by atomic mass is 9.85. The summed E-state index contributed by atoms with van der Waals surface area (Å²) < 4.78 is 39.7. The zero-order valence-corrected chi connectivity index (χ0v) is 27.2. The van der Waals surface area contributed by atoms with E-state index in [1.807, 2.05) is 29.2 Å². The molecule has 1 aromatic heterocycles. The van der Waals surface area contributed by atoms with Crippen molar-refractivity contribution in [3.05, 3.63) is 101 Å². The molecule has 0 bridgehead atoms. The van der Waals surface area contributed by atoms with E-state index < -0.39 is 17.3 Å². The maximum atomic E-state index is 13.9. The van der Waals surface area contributed by atoms with Crippen LogP contribution >= 0.6 is 0 Å². The second-order valence-electron chi connectivity index (χ2n) is 12.8. The number of rotatable bonds is 8. The third-order valence-electron chi connectivity index (χ3n) is 9.71. The van der Waals surface area contributed by atoms with Crippen LogP contribution in [0.25, 0.3) is 11.3 Å². The van der Waals surface area contributed by atoms with Gasteiger partial charge in [0.1, 0.15) is 5.69 Å². The third kappa shape index (κ3) is 6.89. The predicted octanol–water partition coefficient (Wildman–Crippen LogP) is 4.32. The van der Waals surface area contributed by atoms with Gasteiger partial charge in [-0.2, -0.15) is 13.2 Å². The number of nitrogens with one attached hydrogen (secondary N) is 2. The van der Waals surface area contributed by atoms with Crippen LogP contribution in [0.5, 0.6) is 0 Å². The maximum Gasteiger partial charge on any atom is 0.433 e. The molecule has 13 heteroatoms. The predicted molar refractivity (Wildman–Crippen MR) is 183 cm³/mol. The lowest BCUT2D eigenvalue weighted by Crippen LogP contribution is -2.43. The van der Waals surface area contributed by atoms with Crippen LogP contribution in [0.3, 0.4) is 0 Å². The van der Waals surface area contributed by atoms with Crippen molar-refractivity contribution in [1.29, 1.82) is 5.41 Å². The highest BCUT2D eigenvalue weighted by Crippen LogP contribution is 2.43. The van der Waals surface area contributed by atoms with Crippen molar-refractivity contribution in [1.82, 2.24) is 20.1 Å². The Hall–Kier alpha value is -5.17. The van der Waals surface area contributed by atoms with E-state index >= 15 is 0 Å². The van der Waals surface area contributed by atoms with Crippen LogP contribution < -0.4 is 21.7 Å². The molecule has 0 radical (unpaired) electrons. The molecule has 1 spiro atoms. The molecule has 49 heavy (non-hydrogen) atoms. The van der Waals surface area contributed by atoms with Gasteiger partial charge in [0.05, 0.1) is 23.4 Å². The van der Waals surface area contributed by atoms with Crippen molar-refractivity contribution in [3.63, 3.8) is 0 Å². The molecule has 1 atom stereocenters. The van der Waals surface area contributed by atoms with E-state index in [4.69, 9.17) is 16.9 Å². The van der Waals surface area contributed by atoms with Crippen LogP contribution in [0.4, 0.5) is 24.5 Å². The number of carbonyl (C=O) groups excluding carboxylic acids is 2. The third-order valence-corrected chi connectivity index (χ3v) is 9.71. The smallest absolute Gasteiger partial charge is 0.398 e. The minimum atomic E-state index is -4.65. The summed E-state index contributed by atoms with van der Waals surface area (Å²) in [4.78, 5) is 36.1. The van der Waals surface area contributed by atoms with E-state index in [1.165, 1.54) is 11.6 Å². The van der Waals surface area contributed by atoms with Gasteiger partial charge in [0.25, 0.3) is 0 Å². The summed E-state index contributed by atoms with van der Waals surface area (Å²) in [5.41, 5.74) is 15.2. The van der Waals surface area contributed by atoms with Crippen LogP contribution in [0.1, 0.15) is 47.2 Å². The van der Waals surface area contributed by atoms with Gasteiger partial charge in [0.2, 0.25) is 11.8 Å². The molecule has 6 N–H and O–H groups in total. The average molecular weight is 673 g/mol. The number of pyridine rings is 1. The van der Waals surface area contributed by atoms with Crippen molar-refractivity contribution >= 4 is 40.2 Å². The minimum absolute atomic E-state index is 0.0182. The van der Waals surface area contributed by atoms with Crippen LogP contribution in [-0.2, 0) is 15.8 Å². The molecule has 4 heterocycles. The van der Waals surface area contributed by atoms with E-state index in [9.17, 15) is 22.8 Å². The Morgan fingerprint density at radius 1 is 1.06 bits per heavy atom. The Balaban J connectivity index is 1.07. The first-order valence-corrected chi connectivity index (χ1v) is 16.2. The number of nitrogen functional groups attached to an aromatic ring is 1. The largest absolute Gasteiger partial charge is 0.433 e. The summed E-state index contributed by atoms with van der Waals surface area (Å²) in [6, 6.07) is 15.1. The van der Waals surface area contributed by atoms with Gasteiger partial charge >= 0.3 is 6.18 Å². The summed E-state index contributed by atoms with van der Waals surface area (Å²) in [7, 11) is 1.80. The highest BCUT2D eigenvalue weighted by Gasteiger charge is 2.51. The summed E-state index contributed by atoms with van der Waals surface area (Å²) in [5, 5.41) is 11.6. The highest BCUT2D eigenvalue weighted by atomic mass is 19.4. The molecule has 3 aromatic rings. The monoisotopic (exact) mass is 672 g/mol. The molecule has 2 fully saturated rings. The van der Waals surface area contributed by atoms with Crippen molar-refractivity contribution < 1.29 is 22.8 Å². The van der Waals surface area contributed by atoms with E-state index in [0.29, 0.717) is 56.9 Å². The highest BCUT2D eigenvalue weighted by molar-refractivity contribution is 6.14. The number of anilines is 2. The molecule has 6 rings (SSSR count). The van der Waals surface area contributed by atoms with Crippen LogP contribution in [0.2, 0.25) is 0 Å². The fourth-order valence-electron chi connectivity index (χ4n) is 6.93. The van der Waals surface area contributed by atoms with Gasteiger partial charge in [0, 0.05) is 68.1 Å². The molecule has 10 nitrogen and oxygen atoms in total. The molecular weight excluding hydrogens is 633 g/mol. The van der Waals surface area contributed by atoms with Crippen molar-refractivity contribution in [2.75, 3.05) is 56.9 Å². The Kier molecular flexibility index (Phi) is 9.21. The van der Waals surface area contributed by atoms with Gasteiger partial charge in [-0.3, -0.25) is 24.9 Å². The standard InChI is InChI=1S/C36H39F3N8O2/c1-43-20-30(41)25-4-2-23(3-5-25)24-9-14-46(15-10-24)32(48)21-45-16-11-35(22-45)12-17-47(34(35)49)27-6-7-29(40)28(19-27)33(42)26-8-13-44-31(18-26)36(37,38)39/h2-9,13,18-20,42-43H,10-12,14-17,21-22,40-41H2,1H3/b30-20-,42-33?/t35-/m0/s1. The van der Waals surface area contributed by atoms with Gasteiger partial charge in [-0.05, 0) is 72.8 Å². The molecule has 256 valence electrons. The Bertz CT molecular complexity index is 1840. The van der Waals surface area contributed by atoms with Crippen LogP contribution in [-0.4, -0.2) is 78.6 Å².